The molecule has 0 unspecified atom stereocenters. The van der Waals surface area contributed by atoms with E-state index in [1.807, 2.05) is 65.8 Å². The fourth-order valence-corrected chi connectivity index (χ4v) is 2.30. The second kappa shape index (κ2) is 8.02. The highest BCUT2D eigenvalue weighted by Crippen LogP contribution is 2.18. The van der Waals surface area contributed by atoms with Crippen molar-refractivity contribution in [1.82, 2.24) is 10.2 Å². The molecule has 1 N–H and O–H groups in total. The molecule has 0 atom stereocenters. The van der Waals surface area contributed by atoms with Gasteiger partial charge in [-0.1, -0.05) is 23.7 Å². The Morgan fingerprint density at radius 1 is 1.22 bits per heavy atom. The summed E-state index contributed by atoms with van der Waals surface area (Å²) < 4.78 is 5.50. The summed E-state index contributed by atoms with van der Waals surface area (Å²) in [5.74, 6) is 0. The van der Waals surface area contributed by atoms with Gasteiger partial charge in [-0.25, -0.2) is 4.79 Å². The van der Waals surface area contributed by atoms with Crippen molar-refractivity contribution in [2.24, 2.45) is 0 Å². The lowest BCUT2D eigenvalue weighted by atomic mass is 10.1. The molecule has 5 heteroatoms. The summed E-state index contributed by atoms with van der Waals surface area (Å²) in [7, 11) is 0. The molecule has 0 aliphatic rings. The molecule has 1 amide bonds. The molecule has 0 spiro atoms. The lowest BCUT2D eigenvalue weighted by Crippen LogP contribution is -2.50. The highest BCUT2D eigenvalue weighted by molar-refractivity contribution is 6.30. The molecule has 4 nitrogen and oxygen atoms in total. The van der Waals surface area contributed by atoms with E-state index >= 15 is 0 Å². The zero-order chi connectivity index (χ0) is 17.7. The summed E-state index contributed by atoms with van der Waals surface area (Å²) in [6.07, 6.45) is -0.283. The minimum atomic E-state index is -0.491. The summed E-state index contributed by atoms with van der Waals surface area (Å²) in [4.78, 5) is 14.1. The zero-order valence-corrected chi connectivity index (χ0v) is 15.8. The summed E-state index contributed by atoms with van der Waals surface area (Å²) in [5, 5.41) is 4.07. The number of nitrogens with zero attached hydrogens (tertiary/aromatic N) is 1. The molecule has 0 aromatic heterocycles. The molecule has 1 aromatic carbocycles. The lowest BCUT2D eigenvalue weighted by molar-refractivity contribution is 0.00663. The molecule has 1 rings (SSSR count). The van der Waals surface area contributed by atoms with E-state index in [0.29, 0.717) is 19.6 Å². The quantitative estimate of drug-likeness (QED) is 0.804. The average Bonchev–Trinajstić information content (AvgIpc) is 2.34. The number of carbonyl (C=O) groups excluding carboxylic acids is 1. The van der Waals surface area contributed by atoms with Crippen molar-refractivity contribution in [3.63, 3.8) is 0 Å². The topological polar surface area (TPSA) is 41.6 Å². The van der Waals surface area contributed by atoms with Crippen molar-refractivity contribution in [2.45, 2.75) is 59.2 Å². The maximum Gasteiger partial charge on any atom is 0.410 e. The van der Waals surface area contributed by atoms with Gasteiger partial charge in [-0.3, -0.25) is 0 Å². The first-order valence-corrected chi connectivity index (χ1v) is 8.32. The minimum Gasteiger partial charge on any atom is -0.444 e. The predicted octanol–water partition coefficient (Wildman–Crippen LogP) is 4.47. The Bertz CT molecular complexity index is 518. The van der Waals surface area contributed by atoms with Crippen LogP contribution in [-0.2, 0) is 11.3 Å². The van der Waals surface area contributed by atoms with Crippen molar-refractivity contribution in [1.29, 1.82) is 0 Å². The maximum absolute atomic E-state index is 12.4. The third-order valence-corrected chi connectivity index (χ3v) is 3.39. The largest absolute Gasteiger partial charge is 0.444 e. The van der Waals surface area contributed by atoms with Crippen LogP contribution in [0.3, 0.4) is 0 Å². The summed E-state index contributed by atoms with van der Waals surface area (Å²) in [6.45, 7) is 13.6. The monoisotopic (exact) mass is 340 g/mol. The van der Waals surface area contributed by atoms with Gasteiger partial charge in [0.15, 0.2) is 0 Å². The van der Waals surface area contributed by atoms with Crippen LogP contribution in [0.5, 0.6) is 0 Å². The normalized spacial score (nSPS) is 12.1. The Morgan fingerprint density at radius 3 is 2.39 bits per heavy atom. The average molecular weight is 341 g/mol. The van der Waals surface area contributed by atoms with Crippen LogP contribution in [0.2, 0.25) is 5.02 Å². The number of halogens is 1. The van der Waals surface area contributed by atoms with Crippen LogP contribution in [0.25, 0.3) is 0 Å². The SMILES string of the molecule is CC(C)(C)OC(=O)N(CCNCc1cccc(Cl)c1)C(C)(C)C. The minimum absolute atomic E-state index is 0.283. The Hall–Kier alpha value is -1.26. The van der Waals surface area contributed by atoms with Crippen LogP contribution < -0.4 is 5.32 Å². The van der Waals surface area contributed by atoms with Gasteiger partial charge in [0.25, 0.3) is 0 Å². The zero-order valence-electron chi connectivity index (χ0n) is 15.1. The molecule has 0 fully saturated rings. The number of hydrogen-bond donors (Lipinski definition) is 1. The number of benzene rings is 1. The van der Waals surface area contributed by atoms with Gasteiger partial charge < -0.3 is 15.0 Å². The van der Waals surface area contributed by atoms with Crippen molar-refractivity contribution in [2.75, 3.05) is 13.1 Å². The van der Waals surface area contributed by atoms with E-state index in [4.69, 9.17) is 16.3 Å². The molecule has 0 heterocycles. The van der Waals surface area contributed by atoms with Crippen LogP contribution in [-0.4, -0.2) is 35.2 Å². The van der Waals surface area contributed by atoms with Crippen molar-refractivity contribution < 1.29 is 9.53 Å². The Balaban J connectivity index is 2.54. The van der Waals surface area contributed by atoms with Crippen molar-refractivity contribution >= 4 is 17.7 Å². The maximum atomic E-state index is 12.4. The van der Waals surface area contributed by atoms with Crippen LogP contribution in [0, 0.1) is 0 Å². The highest BCUT2D eigenvalue weighted by Gasteiger charge is 2.30. The first-order valence-electron chi connectivity index (χ1n) is 7.95. The summed E-state index contributed by atoms with van der Waals surface area (Å²) >= 11 is 5.97. The van der Waals surface area contributed by atoms with Gasteiger partial charge in [-0.2, -0.15) is 0 Å². The number of rotatable bonds is 5. The Labute approximate surface area is 145 Å². The van der Waals surface area contributed by atoms with Gasteiger partial charge in [0.2, 0.25) is 0 Å². The molecule has 130 valence electrons. The highest BCUT2D eigenvalue weighted by atomic mass is 35.5. The fourth-order valence-electron chi connectivity index (χ4n) is 2.09. The third kappa shape index (κ3) is 7.71. The Kier molecular flexibility index (Phi) is 6.90. The van der Waals surface area contributed by atoms with E-state index in [-0.39, 0.29) is 11.6 Å². The second-order valence-corrected chi connectivity index (χ2v) is 8.05. The van der Waals surface area contributed by atoms with Gasteiger partial charge in [0.05, 0.1) is 0 Å². The molecule has 0 bridgehead atoms. The van der Waals surface area contributed by atoms with Crippen LogP contribution in [0.4, 0.5) is 4.79 Å². The van der Waals surface area contributed by atoms with E-state index < -0.39 is 5.60 Å². The van der Waals surface area contributed by atoms with Crippen LogP contribution in [0.1, 0.15) is 47.1 Å². The summed E-state index contributed by atoms with van der Waals surface area (Å²) in [6, 6.07) is 7.74. The number of hydrogen-bond acceptors (Lipinski definition) is 3. The Morgan fingerprint density at radius 2 is 1.87 bits per heavy atom. The third-order valence-electron chi connectivity index (χ3n) is 3.15. The number of amides is 1. The number of nitrogens with one attached hydrogen (secondary N) is 1. The van der Waals surface area contributed by atoms with Crippen molar-refractivity contribution in [3.05, 3.63) is 34.9 Å². The number of ether oxygens (including phenoxy) is 1. The van der Waals surface area contributed by atoms with Gasteiger partial charge in [0, 0.05) is 30.2 Å². The van der Waals surface area contributed by atoms with Gasteiger partial charge in [-0.05, 0) is 59.2 Å². The van der Waals surface area contributed by atoms with Crippen molar-refractivity contribution in [3.8, 4) is 0 Å². The molecule has 0 aliphatic heterocycles. The fraction of sp³-hybridized carbons (Fsp3) is 0.611. The van der Waals surface area contributed by atoms with Gasteiger partial charge in [-0.15, -0.1) is 0 Å². The smallest absolute Gasteiger partial charge is 0.410 e. The standard InChI is InChI=1S/C18H29ClN2O2/c1-17(2,3)21(16(22)23-18(4,5)6)11-10-20-13-14-8-7-9-15(19)12-14/h7-9,12,20H,10-11,13H2,1-6H3. The van der Waals surface area contributed by atoms with E-state index in [2.05, 4.69) is 5.32 Å². The molecule has 0 saturated heterocycles. The molecule has 23 heavy (non-hydrogen) atoms. The molecule has 0 radical (unpaired) electrons. The molecule has 0 saturated carbocycles. The number of carbonyl (C=O) groups is 1. The summed E-state index contributed by atoms with van der Waals surface area (Å²) in [5.41, 5.74) is 0.339. The van der Waals surface area contributed by atoms with Gasteiger partial charge >= 0.3 is 6.09 Å². The van der Waals surface area contributed by atoms with E-state index in [0.717, 1.165) is 10.6 Å². The molecular weight excluding hydrogens is 312 g/mol. The first kappa shape index (κ1) is 19.8. The van der Waals surface area contributed by atoms with E-state index in [1.165, 1.54) is 0 Å². The second-order valence-electron chi connectivity index (χ2n) is 7.61. The first-order chi connectivity index (χ1) is 10.5. The molecule has 0 aliphatic carbocycles. The molecular formula is C18H29ClN2O2. The lowest BCUT2D eigenvalue weighted by Gasteiger charge is -2.36. The van der Waals surface area contributed by atoms with Gasteiger partial charge in [0.1, 0.15) is 5.60 Å². The van der Waals surface area contributed by atoms with Crippen LogP contribution >= 0.6 is 11.6 Å². The van der Waals surface area contributed by atoms with Crippen LogP contribution in [0.15, 0.2) is 24.3 Å². The van der Waals surface area contributed by atoms with E-state index in [9.17, 15) is 4.79 Å². The molecule has 1 aromatic rings. The predicted molar refractivity (Wildman–Crippen MR) is 95.9 cm³/mol. The van der Waals surface area contributed by atoms with E-state index in [1.54, 1.807) is 4.90 Å².